The van der Waals surface area contributed by atoms with E-state index in [0.717, 1.165) is 43.0 Å². The highest BCUT2D eigenvalue weighted by Gasteiger charge is 2.19. The zero-order valence-corrected chi connectivity index (χ0v) is 14.2. The van der Waals surface area contributed by atoms with Crippen LogP contribution in [0.25, 0.3) is 11.3 Å². The first-order valence-corrected chi connectivity index (χ1v) is 7.56. The quantitative estimate of drug-likeness (QED) is 0.923. The zero-order chi connectivity index (χ0) is 15.4. The van der Waals surface area contributed by atoms with Gasteiger partial charge >= 0.3 is 0 Å². The monoisotopic (exact) mass is 335 g/mol. The van der Waals surface area contributed by atoms with E-state index >= 15 is 0 Å². The Kier molecular flexibility index (Phi) is 6.12. The topological polar surface area (TPSA) is 63.2 Å². The highest BCUT2D eigenvalue weighted by atomic mass is 35.5. The van der Waals surface area contributed by atoms with Crippen LogP contribution in [0, 0.1) is 0 Å². The lowest BCUT2D eigenvalue weighted by atomic mass is 10.1. The van der Waals surface area contributed by atoms with Gasteiger partial charge in [-0.2, -0.15) is 0 Å². The number of anilines is 1. The lowest BCUT2D eigenvalue weighted by Crippen LogP contribution is -2.34. The van der Waals surface area contributed by atoms with Crippen LogP contribution in [-0.4, -0.2) is 48.2 Å². The molecule has 2 aromatic heterocycles. The molecule has 3 heterocycles. The van der Waals surface area contributed by atoms with Crippen molar-refractivity contribution in [2.24, 2.45) is 0 Å². The highest BCUT2D eigenvalue weighted by Crippen LogP contribution is 2.27. The van der Waals surface area contributed by atoms with E-state index in [1.807, 2.05) is 31.1 Å². The molecule has 0 amide bonds. The summed E-state index contributed by atoms with van der Waals surface area (Å²) in [6.07, 6.45) is 7.47. The molecule has 6 nitrogen and oxygen atoms in total. The summed E-state index contributed by atoms with van der Waals surface area (Å²) >= 11 is 0. The molecule has 7 heteroatoms. The summed E-state index contributed by atoms with van der Waals surface area (Å²) in [4.78, 5) is 15.2. The molecule has 1 N–H and O–H groups in total. The first kappa shape index (κ1) is 17.4. The molecule has 0 aliphatic carbocycles. The molecule has 1 saturated heterocycles. The van der Waals surface area contributed by atoms with Gasteiger partial charge < -0.3 is 15.0 Å². The fourth-order valence-electron chi connectivity index (χ4n) is 2.48. The van der Waals surface area contributed by atoms with Gasteiger partial charge in [0.15, 0.2) is 5.82 Å². The molecule has 3 rings (SSSR count). The average molecular weight is 336 g/mol. The largest absolute Gasteiger partial charge is 0.472 e. The third-order valence-corrected chi connectivity index (χ3v) is 3.69. The van der Waals surface area contributed by atoms with Crippen LogP contribution in [0.5, 0.6) is 5.88 Å². The van der Waals surface area contributed by atoms with Gasteiger partial charge in [0, 0.05) is 32.1 Å². The maximum atomic E-state index is 6.14. The summed E-state index contributed by atoms with van der Waals surface area (Å²) < 4.78 is 6.14. The van der Waals surface area contributed by atoms with E-state index in [1.54, 1.807) is 18.6 Å². The number of nitrogens with zero attached hydrogens (tertiary/aromatic N) is 4. The van der Waals surface area contributed by atoms with Crippen LogP contribution in [0.15, 0.2) is 30.7 Å². The van der Waals surface area contributed by atoms with Crippen LogP contribution in [0.1, 0.15) is 12.8 Å². The van der Waals surface area contributed by atoms with Crippen molar-refractivity contribution < 1.29 is 4.74 Å². The number of nitrogens with one attached hydrogen (secondary N) is 1. The molecule has 124 valence electrons. The average Bonchev–Trinajstić information content (AvgIpc) is 2.56. The second-order valence-corrected chi connectivity index (χ2v) is 5.58. The Morgan fingerprint density at radius 2 is 1.87 bits per heavy atom. The van der Waals surface area contributed by atoms with E-state index in [2.05, 4.69) is 20.3 Å². The number of pyridine rings is 1. The van der Waals surface area contributed by atoms with E-state index in [-0.39, 0.29) is 18.5 Å². The molecule has 1 fully saturated rings. The first-order chi connectivity index (χ1) is 10.7. The van der Waals surface area contributed by atoms with Gasteiger partial charge in [-0.15, -0.1) is 12.4 Å². The fraction of sp³-hybridized carbons (Fsp3) is 0.438. The van der Waals surface area contributed by atoms with Crippen LogP contribution >= 0.6 is 12.4 Å². The number of hydrogen-bond donors (Lipinski definition) is 1. The Morgan fingerprint density at radius 1 is 1.17 bits per heavy atom. The first-order valence-electron chi connectivity index (χ1n) is 7.56. The van der Waals surface area contributed by atoms with Crippen LogP contribution in [0.3, 0.4) is 0 Å². The third-order valence-electron chi connectivity index (χ3n) is 3.69. The van der Waals surface area contributed by atoms with Crippen molar-refractivity contribution in [3.63, 3.8) is 0 Å². The van der Waals surface area contributed by atoms with Crippen molar-refractivity contribution in [2.75, 3.05) is 32.1 Å². The number of piperidine rings is 1. The van der Waals surface area contributed by atoms with Crippen LogP contribution in [-0.2, 0) is 0 Å². The molecular weight excluding hydrogens is 314 g/mol. The number of ether oxygens (including phenoxy) is 1. The molecule has 23 heavy (non-hydrogen) atoms. The Balaban J connectivity index is 0.00000192. The second-order valence-electron chi connectivity index (χ2n) is 5.58. The molecule has 0 saturated carbocycles. The SMILES string of the molecule is CN(C)c1ncc(-c2ccncc2)nc1OC1CCNCC1.Cl. The molecule has 0 bridgehead atoms. The fourth-order valence-corrected chi connectivity index (χ4v) is 2.48. The van der Waals surface area contributed by atoms with Crippen molar-refractivity contribution in [3.8, 4) is 17.1 Å². The summed E-state index contributed by atoms with van der Waals surface area (Å²) in [6.45, 7) is 1.97. The molecule has 0 aromatic carbocycles. The number of halogens is 1. The van der Waals surface area contributed by atoms with Gasteiger partial charge in [-0.3, -0.25) is 4.98 Å². The van der Waals surface area contributed by atoms with E-state index in [1.165, 1.54) is 0 Å². The van der Waals surface area contributed by atoms with Crippen molar-refractivity contribution >= 4 is 18.2 Å². The molecule has 0 unspecified atom stereocenters. The maximum Gasteiger partial charge on any atom is 0.258 e. The number of hydrogen-bond acceptors (Lipinski definition) is 6. The third kappa shape index (κ3) is 4.30. The molecule has 1 aliphatic heterocycles. The number of aromatic nitrogens is 3. The van der Waals surface area contributed by atoms with Gasteiger partial charge in [-0.05, 0) is 38.1 Å². The minimum atomic E-state index is 0. The molecule has 2 aromatic rings. The molecule has 0 spiro atoms. The molecule has 0 radical (unpaired) electrons. The van der Waals surface area contributed by atoms with E-state index in [0.29, 0.717) is 5.88 Å². The standard InChI is InChI=1S/C16H21N5O.ClH/c1-21(2)15-16(22-13-5-9-18-10-6-13)20-14(11-19-15)12-3-7-17-8-4-12;/h3-4,7-8,11,13,18H,5-6,9-10H2,1-2H3;1H. The lowest BCUT2D eigenvalue weighted by molar-refractivity contribution is 0.156. The van der Waals surface area contributed by atoms with Crippen LogP contribution < -0.4 is 15.0 Å². The predicted molar refractivity (Wildman–Crippen MR) is 93.4 cm³/mol. The minimum absolute atomic E-state index is 0. The Labute approximate surface area is 142 Å². The summed E-state index contributed by atoms with van der Waals surface area (Å²) in [6, 6.07) is 3.85. The molecule has 0 atom stereocenters. The molecule has 1 aliphatic rings. The van der Waals surface area contributed by atoms with E-state index in [4.69, 9.17) is 4.74 Å². The molecular formula is C16H22ClN5O. The summed E-state index contributed by atoms with van der Waals surface area (Å²) in [7, 11) is 3.90. The zero-order valence-electron chi connectivity index (χ0n) is 13.4. The van der Waals surface area contributed by atoms with Gasteiger partial charge in [0.05, 0.1) is 11.9 Å². The minimum Gasteiger partial charge on any atom is -0.472 e. The number of rotatable bonds is 4. The summed E-state index contributed by atoms with van der Waals surface area (Å²) in [5.41, 5.74) is 1.79. The van der Waals surface area contributed by atoms with Crippen molar-refractivity contribution in [1.29, 1.82) is 0 Å². The Morgan fingerprint density at radius 3 is 2.52 bits per heavy atom. The van der Waals surface area contributed by atoms with E-state index in [9.17, 15) is 0 Å². The van der Waals surface area contributed by atoms with Crippen LogP contribution in [0.4, 0.5) is 5.82 Å². The van der Waals surface area contributed by atoms with Crippen LogP contribution in [0.2, 0.25) is 0 Å². The Bertz CT molecular complexity index is 617. The normalized spacial score (nSPS) is 14.9. The summed E-state index contributed by atoms with van der Waals surface area (Å²) in [5.74, 6) is 1.36. The van der Waals surface area contributed by atoms with Gasteiger partial charge in [-0.1, -0.05) is 0 Å². The van der Waals surface area contributed by atoms with Crippen molar-refractivity contribution in [1.82, 2.24) is 20.3 Å². The van der Waals surface area contributed by atoms with Gasteiger partial charge in [0.2, 0.25) is 0 Å². The van der Waals surface area contributed by atoms with E-state index < -0.39 is 0 Å². The Hall–Kier alpha value is -1.92. The summed E-state index contributed by atoms with van der Waals surface area (Å²) in [5, 5.41) is 3.34. The van der Waals surface area contributed by atoms with Crippen molar-refractivity contribution in [2.45, 2.75) is 18.9 Å². The highest BCUT2D eigenvalue weighted by molar-refractivity contribution is 5.85. The van der Waals surface area contributed by atoms with Gasteiger partial charge in [0.1, 0.15) is 6.10 Å². The smallest absolute Gasteiger partial charge is 0.258 e. The lowest BCUT2D eigenvalue weighted by Gasteiger charge is -2.25. The predicted octanol–water partition coefficient (Wildman–Crippen LogP) is 2.16. The van der Waals surface area contributed by atoms with Gasteiger partial charge in [-0.25, -0.2) is 9.97 Å². The van der Waals surface area contributed by atoms with Gasteiger partial charge in [0.25, 0.3) is 5.88 Å². The maximum absolute atomic E-state index is 6.14. The van der Waals surface area contributed by atoms with Crippen molar-refractivity contribution in [3.05, 3.63) is 30.7 Å². The second kappa shape index (κ2) is 8.08.